The number of benzene rings is 1. The molecule has 1 aliphatic rings. The Kier molecular flexibility index (Phi) is 4.29. The van der Waals surface area contributed by atoms with Gasteiger partial charge in [-0.1, -0.05) is 6.07 Å². The summed E-state index contributed by atoms with van der Waals surface area (Å²) in [6.45, 7) is 2.77. The summed E-state index contributed by atoms with van der Waals surface area (Å²) in [5, 5.41) is 11.5. The van der Waals surface area contributed by atoms with Crippen molar-refractivity contribution in [2.24, 2.45) is 0 Å². The Bertz CT molecular complexity index is 1090. The fourth-order valence-electron chi connectivity index (χ4n) is 3.68. The maximum Gasteiger partial charge on any atom is 0.171 e. The van der Waals surface area contributed by atoms with Crippen LogP contribution >= 0.6 is 15.9 Å². The fourth-order valence-corrected chi connectivity index (χ4v) is 4.03. The van der Waals surface area contributed by atoms with Crippen LogP contribution < -0.4 is 10.6 Å². The summed E-state index contributed by atoms with van der Waals surface area (Å²) in [5.74, 6) is 1.39. The monoisotopic (exact) mass is 425 g/mol. The van der Waals surface area contributed by atoms with Crippen molar-refractivity contribution in [2.45, 2.75) is 25.3 Å². The molecule has 0 aliphatic carbocycles. The summed E-state index contributed by atoms with van der Waals surface area (Å²) >= 11 is 3.58. The first-order valence-electron chi connectivity index (χ1n) is 9.19. The average molecular weight is 426 g/mol. The highest BCUT2D eigenvalue weighted by atomic mass is 79.9. The van der Waals surface area contributed by atoms with Crippen molar-refractivity contribution in [3.63, 3.8) is 0 Å². The van der Waals surface area contributed by atoms with E-state index in [4.69, 9.17) is 4.98 Å². The van der Waals surface area contributed by atoms with E-state index >= 15 is 0 Å². The average Bonchev–Trinajstić information content (AvgIpc) is 3.33. The van der Waals surface area contributed by atoms with Crippen LogP contribution in [0, 0.1) is 0 Å². The molecule has 7 nitrogen and oxygen atoms in total. The second-order valence-electron chi connectivity index (χ2n) is 6.95. The van der Waals surface area contributed by atoms with Crippen LogP contribution in [0.25, 0.3) is 16.7 Å². The number of nitrogens with one attached hydrogen (secondary N) is 3. The molecule has 5 rings (SSSR count). The summed E-state index contributed by atoms with van der Waals surface area (Å²) < 4.78 is 2.77. The third-order valence-electron chi connectivity index (χ3n) is 5.12. The van der Waals surface area contributed by atoms with Gasteiger partial charge in [0.25, 0.3) is 0 Å². The van der Waals surface area contributed by atoms with Crippen molar-refractivity contribution in [3.8, 4) is 0 Å². The standard InChI is InChI=1S/C19H20BrN7/c20-14-10-25-27-18(7-16(26-19(14)27)13-2-1-5-21-9-13)22-8-12-3-4-15-17(6-12)24-11-23-15/h3-4,6-7,10-11,13,21-22H,1-2,5,8-9H2,(H,23,24). The fraction of sp³-hybridized carbons (Fsp3) is 0.316. The van der Waals surface area contributed by atoms with Crippen molar-refractivity contribution in [3.05, 3.63) is 52.5 Å². The van der Waals surface area contributed by atoms with E-state index in [9.17, 15) is 0 Å². The molecule has 0 spiro atoms. The van der Waals surface area contributed by atoms with Gasteiger partial charge in [-0.15, -0.1) is 0 Å². The largest absolute Gasteiger partial charge is 0.366 e. The lowest BCUT2D eigenvalue weighted by Gasteiger charge is -2.23. The molecule has 0 bridgehead atoms. The summed E-state index contributed by atoms with van der Waals surface area (Å²) in [5.41, 5.74) is 5.17. The molecule has 3 N–H and O–H groups in total. The third-order valence-corrected chi connectivity index (χ3v) is 5.68. The molecule has 0 radical (unpaired) electrons. The van der Waals surface area contributed by atoms with E-state index in [1.807, 2.05) is 10.6 Å². The van der Waals surface area contributed by atoms with E-state index in [2.05, 4.69) is 59.8 Å². The minimum atomic E-state index is 0.437. The van der Waals surface area contributed by atoms with Crippen LogP contribution in [0.5, 0.6) is 0 Å². The maximum atomic E-state index is 4.87. The Labute approximate surface area is 164 Å². The number of H-pyrrole nitrogens is 1. The van der Waals surface area contributed by atoms with Gasteiger partial charge in [-0.05, 0) is 53.0 Å². The number of nitrogens with zero attached hydrogens (tertiary/aromatic N) is 4. The highest BCUT2D eigenvalue weighted by Gasteiger charge is 2.19. The smallest absolute Gasteiger partial charge is 0.171 e. The van der Waals surface area contributed by atoms with Gasteiger partial charge in [0.15, 0.2) is 5.65 Å². The van der Waals surface area contributed by atoms with Gasteiger partial charge < -0.3 is 15.6 Å². The number of hydrogen-bond acceptors (Lipinski definition) is 5. The van der Waals surface area contributed by atoms with Gasteiger partial charge in [0.2, 0.25) is 0 Å². The number of rotatable bonds is 4. The Balaban J connectivity index is 1.47. The highest BCUT2D eigenvalue weighted by molar-refractivity contribution is 9.10. The van der Waals surface area contributed by atoms with E-state index in [0.29, 0.717) is 12.5 Å². The maximum absolute atomic E-state index is 4.87. The second kappa shape index (κ2) is 6.94. The molecule has 1 fully saturated rings. The molecule has 0 amide bonds. The minimum absolute atomic E-state index is 0.437. The molecule has 1 unspecified atom stereocenters. The minimum Gasteiger partial charge on any atom is -0.366 e. The Morgan fingerprint density at radius 1 is 1.30 bits per heavy atom. The van der Waals surface area contributed by atoms with E-state index in [0.717, 1.165) is 52.2 Å². The number of aromatic amines is 1. The quantitative estimate of drug-likeness (QED) is 0.466. The Morgan fingerprint density at radius 3 is 3.15 bits per heavy atom. The predicted octanol–water partition coefficient (Wildman–Crippen LogP) is 3.45. The van der Waals surface area contributed by atoms with Crippen molar-refractivity contribution in [1.29, 1.82) is 0 Å². The van der Waals surface area contributed by atoms with E-state index in [-0.39, 0.29) is 0 Å². The van der Waals surface area contributed by atoms with Crippen molar-refractivity contribution < 1.29 is 0 Å². The SMILES string of the molecule is Brc1cnn2c(NCc3ccc4nc[nH]c4c3)cc(C3CCCNC3)nc12. The van der Waals surface area contributed by atoms with E-state index < -0.39 is 0 Å². The molecule has 0 saturated carbocycles. The number of fused-ring (bicyclic) bond motifs is 2. The topological polar surface area (TPSA) is 82.9 Å². The predicted molar refractivity (Wildman–Crippen MR) is 109 cm³/mol. The first kappa shape index (κ1) is 16.7. The zero-order chi connectivity index (χ0) is 18.2. The van der Waals surface area contributed by atoms with Crippen LogP contribution in [-0.2, 0) is 6.54 Å². The molecule has 138 valence electrons. The van der Waals surface area contributed by atoms with Gasteiger partial charge in [-0.25, -0.2) is 9.97 Å². The zero-order valence-electron chi connectivity index (χ0n) is 14.7. The lowest BCUT2D eigenvalue weighted by molar-refractivity contribution is 0.455. The summed E-state index contributed by atoms with van der Waals surface area (Å²) in [6, 6.07) is 8.39. The molecule has 1 aromatic carbocycles. The zero-order valence-corrected chi connectivity index (χ0v) is 16.3. The van der Waals surface area contributed by atoms with Crippen LogP contribution in [0.15, 0.2) is 41.3 Å². The summed E-state index contributed by atoms with van der Waals surface area (Å²) in [7, 11) is 0. The number of piperidine rings is 1. The van der Waals surface area contributed by atoms with Crippen molar-refractivity contribution in [2.75, 3.05) is 18.4 Å². The first-order chi connectivity index (χ1) is 13.3. The van der Waals surface area contributed by atoms with Crippen LogP contribution in [0.2, 0.25) is 0 Å². The van der Waals surface area contributed by atoms with Gasteiger partial charge in [-0.3, -0.25) is 0 Å². The number of anilines is 1. The molecule has 4 aromatic rings. The summed E-state index contributed by atoms with van der Waals surface area (Å²) in [6.07, 6.45) is 5.87. The van der Waals surface area contributed by atoms with Crippen LogP contribution in [0.1, 0.15) is 30.0 Å². The van der Waals surface area contributed by atoms with Gasteiger partial charge >= 0.3 is 0 Å². The highest BCUT2D eigenvalue weighted by Crippen LogP contribution is 2.27. The second-order valence-corrected chi connectivity index (χ2v) is 7.80. The van der Waals surface area contributed by atoms with Crippen LogP contribution in [0.3, 0.4) is 0 Å². The molecule has 27 heavy (non-hydrogen) atoms. The molecule has 4 heterocycles. The lowest BCUT2D eigenvalue weighted by Crippen LogP contribution is -2.29. The van der Waals surface area contributed by atoms with Gasteiger partial charge in [0.05, 0.1) is 33.7 Å². The normalized spacial score (nSPS) is 17.6. The molecule has 1 aliphatic heterocycles. The Hall–Kier alpha value is -2.45. The summed E-state index contributed by atoms with van der Waals surface area (Å²) in [4.78, 5) is 12.3. The number of aromatic nitrogens is 5. The van der Waals surface area contributed by atoms with Crippen LogP contribution in [-0.4, -0.2) is 37.7 Å². The van der Waals surface area contributed by atoms with Crippen molar-refractivity contribution >= 4 is 38.4 Å². The number of halogens is 1. The molecule has 3 aromatic heterocycles. The van der Waals surface area contributed by atoms with Gasteiger partial charge in [-0.2, -0.15) is 9.61 Å². The molecular weight excluding hydrogens is 406 g/mol. The van der Waals surface area contributed by atoms with Gasteiger partial charge in [0, 0.05) is 25.1 Å². The van der Waals surface area contributed by atoms with Gasteiger partial charge in [0.1, 0.15) is 5.82 Å². The van der Waals surface area contributed by atoms with E-state index in [1.54, 1.807) is 12.5 Å². The van der Waals surface area contributed by atoms with E-state index in [1.165, 1.54) is 12.0 Å². The third kappa shape index (κ3) is 3.19. The molecule has 1 saturated heterocycles. The lowest BCUT2D eigenvalue weighted by atomic mass is 9.96. The molecule has 8 heteroatoms. The Morgan fingerprint density at radius 2 is 2.26 bits per heavy atom. The first-order valence-corrected chi connectivity index (χ1v) is 9.98. The molecule has 1 atom stereocenters. The number of hydrogen-bond donors (Lipinski definition) is 3. The number of imidazole rings is 1. The molecular formula is C19H20BrN7. The van der Waals surface area contributed by atoms with Crippen molar-refractivity contribution in [1.82, 2.24) is 29.9 Å². The van der Waals surface area contributed by atoms with Crippen LogP contribution in [0.4, 0.5) is 5.82 Å².